The number of rotatable bonds is 7. The number of piperidine rings is 1. The second-order valence-electron chi connectivity index (χ2n) is 6.33. The second kappa shape index (κ2) is 8.94. The van der Waals surface area contributed by atoms with Crippen LogP contribution in [-0.4, -0.2) is 37.6 Å². The van der Waals surface area contributed by atoms with Gasteiger partial charge in [-0.05, 0) is 49.1 Å². The van der Waals surface area contributed by atoms with Gasteiger partial charge in [0.05, 0.1) is 6.61 Å². The molecule has 1 fully saturated rings. The second-order valence-corrected chi connectivity index (χ2v) is 6.33. The quantitative estimate of drug-likeness (QED) is 0.772. The van der Waals surface area contributed by atoms with Crippen molar-refractivity contribution >= 4 is 5.91 Å². The average molecular weight is 303 g/mol. The SMILES string of the molecule is CCc1ccc(CCCC(=O)N2CCC[C@@H](COC)C2)cc1. The van der Waals surface area contributed by atoms with Gasteiger partial charge in [0.25, 0.3) is 0 Å². The molecule has 1 heterocycles. The van der Waals surface area contributed by atoms with Crippen LogP contribution in [0.4, 0.5) is 0 Å². The van der Waals surface area contributed by atoms with Gasteiger partial charge >= 0.3 is 0 Å². The van der Waals surface area contributed by atoms with Crippen molar-refractivity contribution in [2.24, 2.45) is 5.92 Å². The van der Waals surface area contributed by atoms with Gasteiger partial charge < -0.3 is 9.64 Å². The first kappa shape index (κ1) is 17.0. The summed E-state index contributed by atoms with van der Waals surface area (Å²) in [6.45, 7) is 4.73. The molecular formula is C19H29NO2. The monoisotopic (exact) mass is 303 g/mol. The zero-order valence-corrected chi connectivity index (χ0v) is 14.0. The molecule has 22 heavy (non-hydrogen) atoms. The van der Waals surface area contributed by atoms with Gasteiger partial charge in [-0.2, -0.15) is 0 Å². The van der Waals surface area contributed by atoms with Crippen LogP contribution in [0.5, 0.6) is 0 Å². The molecule has 0 spiro atoms. The number of ether oxygens (including phenoxy) is 1. The third-order valence-corrected chi connectivity index (χ3v) is 4.56. The van der Waals surface area contributed by atoms with E-state index < -0.39 is 0 Å². The van der Waals surface area contributed by atoms with Crippen molar-refractivity contribution in [2.45, 2.75) is 45.4 Å². The van der Waals surface area contributed by atoms with Gasteiger partial charge in [0.15, 0.2) is 0 Å². The molecule has 1 aliphatic rings. The van der Waals surface area contributed by atoms with Crippen molar-refractivity contribution in [1.82, 2.24) is 4.90 Å². The summed E-state index contributed by atoms with van der Waals surface area (Å²) in [5, 5.41) is 0. The summed E-state index contributed by atoms with van der Waals surface area (Å²) >= 11 is 0. The van der Waals surface area contributed by atoms with Crippen LogP contribution in [0.3, 0.4) is 0 Å². The number of benzene rings is 1. The molecule has 1 aliphatic heterocycles. The highest BCUT2D eigenvalue weighted by molar-refractivity contribution is 5.76. The molecule has 0 unspecified atom stereocenters. The normalized spacial score (nSPS) is 18.5. The van der Waals surface area contributed by atoms with Crippen LogP contribution in [0, 0.1) is 5.92 Å². The van der Waals surface area contributed by atoms with Crippen molar-refractivity contribution in [3.63, 3.8) is 0 Å². The van der Waals surface area contributed by atoms with Gasteiger partial charge in [0, 0.05) is 26.6 Å². The summed E-state index contributed by atoms with van der Waals surface area (Å²) in [5.74, 6) is 0.829. The van der Waals surface area contributed by atoms with Crippen LogP contribution in [0.1, 0.15) is 43.7 Å². The van der Waals surface area contributed by atoms with E-state index in [9.17, 15) is 4.79 Å². The number of hydrogen-bond donors (Lipinski definition) is 0. The summed E-state index contributed by atoms with van der Waals surface area (Å²) in [6, 6.07) is 8.77. The molecule has 1 amide bonds. The van der Waals surface area contributed by atoms with Gasteiger partial charge in [0.2, 0.25) is 5.91 Å². The molecule has 0 bridgehead atoms. The molecule has 0 radical (unpaired) electrons. The fraction of sp³-hybridized carbons (Fsp3) is 0.632. The zero-order chi connectivity index (χ0) is 15.8. The number of hydrogen-bond acceptors (Lipinski definition) is 2. The Hall–Kier alpha value is -1.35. The van der Waals surface area contributed by atoms with Crippen molar-refractivity contribution in [2.75, 3.05) is 26.8 Å². The van der Waals surface area contributed by atoms with E-state index in [1.54, 1.807) is 7.11 Å². The Morgan fingerprint density at radius 2 is 2.00 bits per heavy atom. The molecule has 0 aromatic heterocycles. The maximum Gasteiger partial charge on any atom is 0.222 e. The van der Waals surface area contributed by atoms with E-state index in [1.807, 2.05) is 4.90 Å². The standard InChI is InChI=1S/C19H29NO2/c1-3-16-9-11-17(12-10-16)6-4-8-19(21)20-13-5-7-18(14-20)15-22-2/h9-12,18H,3-8,13-15H2,1-2H3/t18-/m1/s1. The number of methoxy groups -OCH3 is 1. The lowest BCUT2D eigenvalue weighted by Gasteiger charge is -2.32. The summed E-state index contributed by atoms with van der Waals surface area (Å²) in [6.07, 6.45) is 5.96. The zero-order valence-electron chi connectivity index (χ0n) is 14.0. The number of aryl methyl sites for hydroxylation is 2. The Labute approximate surface area is 134 Å². The minimum Gasteiger partial charge on any atom is -0.384 e. The maximum atomic E-state index is 12.3. The predicted octanol–water partition coefficient (Wildman–Crippen LogP) is 3.46. The number of carbonyl (C=O) groups is 1. The van der Waals surface area contributed by atoms with Gasteiger partial charge in [-0.3, -0.25) is 4.79 Å². The molecule has 1 aromatic rings. The van der Waals surface area contributed by atoms with Gasteiger partial charge in [-0.15, -0.1) is 0 Å². The predicted molar refractivity (Wildman–Crippen MR) is 89.9 cm³/mol. The van der Waals surface area contributed by atoms with Crippen LogP contribution in [-0.2, 0) is 22.4 Å². The smallest absolute Gasteiger partial charge is 0.222 e. The number of nitrogens with zero attached hydrogens (tertiary/aromatic N) is 1. The average Bonchev–Trinajstić information content (AvgIpc) is 2.56. The van der Waals surface area contributed by atoms with Crippen molar-refractivity contribution < 1.29 is 9.53 Å². The minimum absolute atomic E-state index is 0.311. The van der Waals surface area contributed by atoms with Gasteiger partial charge in [-0.25, -0.2) is 0 Å². The highest BCUT2D eigenvalue weighted by Crippen LogP contribution is 2.18. The van der Waals surface area contributed by atoms with Crippen LogP contribution < -0.4 is 0 Å². The molecule has 2 rings (SSSR count). The van der Waals surface area contributed by atoms with Gasteiger partial charge in [0.1, 0.15) is 0 Å². The number of amides is 1. The maximum absolute atomic E-state index is 12.3. The lowest BCUT2D eigenvalue weighted by atomic mass is 9.98. The Balaban J connectivity index is 1.72. The molecule has 0 N–H and O–H groups in total. The number of carbonyl (C=O) groups excluding carboxylic acids is 1. The summed E-state index contributed by atoms with van der Waals surface area (Å²) < 4.78 is 5.23. The molecule has 122 valence electrons. The Bertz CT molecular complexity index is 453. The van der Waals surface area contributed by atoms with Crippen molar-refractivity contribution in [3.05, 3.63) is 35.4 Å². The van der Waals surface area contributed by atoms with E-state index in [1.165, 1.54) is 17.5 Å². The summed E-state index contributed by atoms with van der Waals surface area (Å²) in [5.41, 5.74) is 2.71. The van der Waals surface area contributed by atoms with E-state index in [2.05, 4.69) is 31.2 Å². The van der Waals surface area contributed by atoms with E-state index in [0.717, 1.165) is 45.4 Å². The van der Waals surface area contributed by atoms with Crippen LogP contribution in [0.15, 0.2) is 24.3 Å². The molecule has 3 nitrogen and oxygen atoms in total. The molecule has 1 aromatic carbocycles. The molecule has 1 saturated heterocycles. The minimum atomic E-state index is 0.311. The molecule has 0 aliphatic carbocycles. The third-order valence-electron chi connectivity index (χ3n) is 4.56. The van der Waals surface area contributed by atoms with E-state index in [0.29, 0.717) is 18.2 Å². The topological polar surface area (TPSA) is 29.5 Å². The lowest BCUT2D eigenvalue weighted by Crippen LogP contribution is -2.41. The van der Waals surface area contributed by atoms with E-state index in [4.69, 9.17) is 4.74 Å². The fourth-order valence-electron chi connectivity index (χ4n) is 3.21. The first-order chi connectivity index (χ1) is 10.7. The molecule has 0 saturated carbocycles. The first-order valence-electron chi connectivity index (χ1n) is 8.57. The van der Waals surface area contributed by atoms with Crippen LogP contribution in [0.25, 0.3) is 0 Å². The third kappa shape index (κ3) is 5.13. The Kier molecular flexibility index (Phi) is 6.91. The highest BCUT2D eigenvalue weighted by atomic mass is 16.5. The first-order valence-corrected chi connectivity index (χ1v) is 8.57. The largest absolute Gasteiger partial charge is 0.384 e. The fourth-order valence-corrected chi connectivity index (χ4v) is 3.21. The Morgan fingerprint density at radius 1 is 1.27 bits per heavy atom. The molecular weight excluding hydrogens is 274 g/mol. The van der Waals surface area contributed by atoms with Crippen LogP contribution in [0.2, 0.25) is 0 Å². The van der Waals surface area contributed by atoms with Crippen molar-refractivity contribution in [3.8, 4) is 0 Å². The van der Waals surface area contributed by atoms with E-state index >= 15 is 0 Å². The lowest BCUT2D eigenvalue weighted by molar-refractivity contribution is -0.133. The summed E-state index contributed by atoms with van der Waals surface area (Å²) in [7, 11) is 1.74. The van der Waals surface area contributed by atoms with E-state index in [-0.39, 0.29) is 0 Å². The highest BCUT2D eigenvalue weighted by Gasteiger charge is 2.22. The Morgan fingerprint density at radius 3 is 2.68 bits per heavy atom. The summed E-state index contributed by atoms with van der Waals surface area (Å²) in [4.78, 5) is 14.4. The number of likely N-dealkylation sites (tertiary alicyclic amines) is 1. The van der Waals surface area contributed by atoms with Crippen molar-refractivity contribution in [1.29, 1.82) is 0 Å². The molecule has 3 heteroatoms. The molecule has 1 atom stereocenters. The van der Waals surface area contributed by atoms with Gasteiger partial charge in [-0.1, -0.05) is 31.2 Å². The van der Waals surface area contributed by atoms with Crippen LogP contribution >= 0.6 is 0 Å².